The third kappa shape index (κ3) is 4.70. The smallest absolute Gasteiger partial charge is 0.258 e. The topological polar surface area (TPSA) is 56.2 Å². The quantitative estimate of drug-likeness (QED) is 0.879. The number of aromatic nitrogens is 2. The van der Waals surface area contributed by atoms with Crippen LogP contribution in [-0.2, 0) is 11.3 Å². The first-order valence-electron chi connectivity index (χ1n) is 6.28. The largest absolute Gasteiger partial charge is 0.484 e. The van der Waals surface area contributed by atoms with Crippen LogP contribution in [0.5, 0.6) is 5.75 Å². The minimum absolute atomic E-state index is 0.00378. The highest BCUT2D eigenvalue weighted by Crippen LogP contribution is 2.15. The molecule has 0 radical (unpaired) electrons. The number of carbonyl (C=O) groups excluding carboxylic acids is 1. The van der Waals surface area contributed by atoms with Crippen LogP contribution in [0.25, 0.3) is 0 Å². The van der Waals surface area contributed by atoms with Crippen molar-refractivity contribution in [1.82, 2.24) is 15.1 Å². The van der Waals surface area contributed by atoms with E-state index in [4.69, 9.17) is 4.74 Å². The van der Waals surface area contributed by atoms with Gasteiger partial charge in [-0.25, -0.2) is 0 Å². The molecule has 2 rings (SSSR count). The zero-order valence-electron chi connectivity index (χ0n) is 11.1. The molecule has 5 nitrogen and oxygen atoms in total. The molecule has 1 aromatic heterocycles. The summed E-state index contributed by atoms with van der Waals surface area (Å²) in [5.41, 5.74) is 0. The monoisotopic (exact) mass is 337 g/mol. The summed E-state index contributed by atoms with van der Waals surface area (Å²) in [4.78, 5) is 11.7. The van der Waals surface area contributed by atoms with Gasteiger partial charge in [-0.15, -0.1) is 0 Å². The van der Waals surface area contributed by atoms with Gasteiger partial charge in [-0.3, -0.25) is 9.48 Å². The molecule has 0 saturated carbocycles. The maximum atomic E-state index is 11.7. The first-order valence-corrected chi connectivity index (χ1v) is 7.08. The molecular weight excluding hydrogens is 322 g/mol. The van der Waals surface area contributed by atoms with E-state index in [1.165, 1.54) is 0 Å². The van der Waals surface area contributed by atoms with Crippen LogP contribution in [-0.4, -0.2) is 28.3 Å². The first kappa shape index (κ1) is 14.6. The van der Waals surface area contributed by atoms with Crippen LogP contribution < -0.4 is 10.1 Å². The molecular formula is C14H16BrN3O2. The predicted octanol–water partition coefficient (Wildman–Crippen LogP) is 2.23. The van der Waals surface area contributed by atoms with Crippen molar-refractivity contribution in [3.63, 3.8) is 0 Å². The highest BCUT2D eigenvalue weighted by Gasteiger charge is 2.08. The van der Waals surface area contributed by atoms with E-state index in [-0.39, 0.29) is 18.6 Å². The molecule has 0 aliphatic heterocycles. The fourth-order valence-electron chi connectivity index (χ4n) is 1.73. The lowest BCUT2D eigenvalue weighted by atomic mass is 10.3. The van der Waals surface area contributed by atoms with E-state index in [1.54, 1.807) is 10.9 Å². The van der Waals surface area contributed by atoms with Crippen molar-refractivity contribution in [3.8, 4) is 5.75 Å². The number of halogens is 1. The van der Waals surface area contributed by atoms with E-state index in [2.05, 4.69) is 26.3 Å². The second-order valence-corrected chi connectivity index (χ2v) is 5.35. The third-order valence-electron chi connectivity index (χ3n) is 2.61. The van der Waals surface area contributed by atoms with Crippen LogP contribution in [0.2, 0.25) is 0 Å². The zero-order chi connectivity index (χ0) is 14.4. The summed E-state index contributed by atoms with van der Waals surface area (Å²) in [5.74, 6) is 0.524. The summed E-state index contributed by atoms with van der Waals surface area (Å²) in [6, 6.07) is 9.21. The molecule has 0 spiro atoms. The molecule has 2 aromatic rings. The Morgan fingerprint density at radius 3 is 2.85 bits per heavy atom. The lowest BCUT2D eigenvalue weighted by Crippen LogP contribution is -2.38. The number of nitrogens with zero attached hydrogens (tertiary/aromatic N) is 2. The van der Waals surface area contributed by atoms with Gasteiger partial charge in [0, 0.05) is 22.9 Å². The van der Waals surface area contributed by atoms with Crippen molar-refractivity contribution in [2.75, 3.05) is 6.61 Å². The van der Waals surface area contributed by atoms with Gasteiger partial charge in [-0.2, -0.15) is 5.10 Å². The van der Waals surface area contributed by atoms with Crippen LogP contribution in [0.1, 0.15) is 6.92 Å². The molecule has 0 saturated heterocycles. The van der Waals surface area contributed by atoms with Gasteiger partial charge in [0.05, 0.1) is 6.54 Å². The molecule has 0 aliphatic carbocycles. The van der Waals surface area contributed by atoms with Crippen molar-refractivity contribution in [2.45, 2.75) is 19.5 Å². The van der Waals surface area contributed by atoms with Gasteiger partial charge in [0.25, 0.3) is 5.91 Å². The standard InChI is InChI=1S/C14H16BrN3O2/c1-11(9-18-8-2-7-16-18)17-14(19)10-20-13-5-3-12(15)4-6-13/h2-8,11H,9-10H2,1H3,(H,17,19)/t11-/m1/s1. The number of amides is 1. The molecule has 1 atom stereocenters. The number of nitrogens with one attached hydrogen (secondary N) is 1. The number of ether oxygens (including phenoxy) is 1. The second kappa shape index (κ2) is 7.09. The average Bonchev–Trinajstić information content (AvgIpc) is 2.90. The second-order valence-electron chi connectivity index (χ2n) is 4.44. The van der Waals surface area contributed by atoms with Crippen molar-refractivity contribution in [3.05, 3.63) is 47.2 Å². The fraction of sp³-hybridized carbons (Fsp3) is 0.286. The van der Waals surface area contributed by atoms with Crippen molar-refractivity contribution >= 4 is 21.8 Å². The first-order chi connectivity index (χ1) is 9.63. The molecule has 6 heteroatoms. The van der Waals surface area contributed by atoms with E-state index in [0.29, 0.717) is 12.3 Å². The molecule has 1 amide bonds. The van der Waals surface area contributed by atoms with Gasteiger partial charge in [0.15, 0.2) is 6.61 Å². The number of carbonyl (C=O) groups is 1. The Bertz CT molecular complexity index is 540. The van der Waals surface area contributed by atoms with E-state index >= 15 is 0 Å². The minimum atomic E-state index is -0.146. The van der Waals surface area contributed by atoms with Crippen molar-refractivity contribution in [1.29, 1.82) is 0 Å². The highest BCUT2D eigenvalue weighted by atomic mass is 79.9. The maximum absolute atomic E-state index is 11.7. The van der Waals surface area contributed by atoms with Crippen molar-refractivity contribution in [2.24, 2.45) is 0 Å². The molecule has 1 N–H and O–H groups in total. The SMILES string of the molecule is C[C@H](Cn1cccn1)NC(=O)COc1ccc(Br)cc1. The molecule has 1 heterocycles. The number of hydrogen-bond donors (Lipinski definition) is 1. The van der Waals surface area contributed by atoms with Gasteiger partial charge < -0.3 is 10.1 Å². The van der Waals surface area contributed by atoms with Gasteiger partial charge >= 0.3 is 0 Å². The van der Waals surface area contributed by atoms with Gasteiger partial charge in [-0.05, 0) is 37.3 Å². The summed E-state index contributed by atoms with van der Waals surface area (Å²) in [5, 5.41) is 6.96. The van der Waals surface area contributed by atoms with Crippen LogP contribution in [0.15, 0.2) is 47.2 Å². The Hall–Kier alpha value is -1.82. The number of hydrogen-bond acceptors (Lipinski definition) is 3. The highest BCUT2D eigenvalue weighted by molar-refractivity contribution is 9.10. The van der Waals surface area contributed by atoms with Crippen LogP contribution in [0.3, 0.4) is 0 Å². The number of benzene rings is 1. The molecule has 0 fully saturated rings. The van der Waals surface area contributed by atoms with E-state index in [1.807, 2.05) is 43.5 Å². The normalized spacial score (nSPS) is 11.9. The number of rotatable bonds is 6. The molecule has 106 valence electrons. The van der Waals surface area contributed by atoms with Crippen LogP contribution in [0.4, 0.5) is 0 Å². The summed E-state index contributed by atoms with van der Waals surface area (Å²) < 4.78 is 8.16. The summed E-state index contributed by atoms with van der Waals surface area (Å²) in [6.45, 7) is 2.57. The zero-order valence-corrected chi connectivity index (χ0v) is 12.7. The van der Waals surface area contributed by atoms with Gasteiger partial charge in [0.2, 0.25) is 0 Å². The summed E-state index contributed by atoms with van der Waals surface area (Å²) >= 11 is 3.34. The summed E-state index contributed by atoms with van der Waals surface area (Å²) in [7, 11) is 0. The average molecular weight is 338 g/mol. The predicted molar refractivity (Wildman–Crippen MR) is 79.5 cm³/mol. The Kier molecular flexibility index (Phi) is 5.17. The van der Waals surface area contributed by atoms with Gasteiger partial charge in [0.1, 0.15) is 5.75 Å². The third-order valence-corrected chi connectivity index (χ3v) is 3.14. The lowest BCUT2D eigenvalue weighted by Gasteiger charge is -2.14. The molecule has 0 bridgehead atoms. The van der Waals surface area contributed by atoms with Gasteiger partial charge in [-0.1, -0.05) is 15.9 Å². The Labute approximate surface area is 126 Å². The fourth-order valence-corrected chi connectivity index (χ4v) is 2.00. The molecule has 0 aliphatic rings. The Morgan fingerprint density at radius 2 is 2.20 bits per heavy atom. The Balaban J connectivity index is 1.73. The van der Waals surface area contributed by atoms with Crippen LogP contribution in [0, 0.1) is 0 Å². The van der Waals surface area contributed by atoms with Crippen molar-refractivity contribution < 1.29 is 9.53 Å². The van der Waals surface area contributed by atoms with E-state index in [9.17, 15) is 4.79 Å². The Morgan fingerprint density at radius 1 is 1.45 bits per heavy atom. The maximum Gasteiger partial charge on any atom is 0.258 e. The van der Waals surface area contributed by atoms with Crippen LogP contribution >= 0.6 is 15.9 Å². The lowest BCUT2D eigenvalue weighted by molar-refractivity contribution is -0.123. The van der Waals surface area contributed by atoms with E-state index < -0.39 is 0 Å². The minimum Gasteiger partial charge on any atom is -0.484 e. The molecule has 20 heavy (non-hydrogen) atoms. The summed E-state index contributed by atoms with van der Waals surface area (Å²) in [6.07, 6.45) is 3.58. The van der Waals surface area contributed by atoms with E-state index in [0.717, 1.165) is 4.47 Å². The molecule has 0 unspecified atom stereocenters. The molecule has 1 aromatic carbocycles.